The first-order valence-electron chi connectivity index (χ1n) is 11.9. The largest absolute Gasteiger partial charge is 0.463 e. The average Bonchev–Trinajstić information content (AvgIpc) is 3.68. The monoisotopic (exact) mass is 515 g/mol. The second kappa shape index (κ2) is 8.23. The molecule has 1 unspecified atom stereocenters. The average molecular weight is 516 g/mol. The van der Waals surface area contributed by atoms with Crippen LogP contribution in [0, 0.1) is 11.3 Å². The zero-order chi connectivity index (χ0) is 25.9. The lowest BCUT2D eigenvalue weighted by Crippen LogP contribution is -2.41. The quantitative estimate of drug-likeness (QED) is 0.290. The van der Waals surface area contributed by atoms with Crippen molar-refractivity contribution < 1.29 is 9.21 Å². The zero-order valence-corrected chi connectivity index (χ0v) is 20.5. The summed E-state index contributed by atoms with van der Waals surface area (Å²) in [5.74, 6) is 0.628. The topological polar surface area (TPSA) is 95.9 Å². The van der Waals surface area contributed by atoms with Crippen LogP contribution in [0.1, 0.15) is 16.9 Å². The molecule has 0 saturated heterocycles. The van der Waals surface area contributed by atoms with Crippen LogP contribution in [0.25, 0.3) is 22.6 Å². The summed E-state index contributed by atoms with van der Waals surface area (Å²) in [4.78, 5) is 14.3. The van der Waals surface area contributed by atoms with Gasteiger partial charge >= 0.3 is 0 Å². The Bertz CT molecular complexity index is 1800. The van der Waals surface area contributed by atoms with Crippen molar-refractivity contribution in [1.82, 2.24) is 9.78 Å². The number of anilines is 2. The molecule has 4 heterocycles. The summed E-state index contributed by atoms with van der Waals surface area (Å²) in [5, 5.41) is 22.6. The van der Waals surface area contributed by atoms with Crippen molar-refractivity contribution in [2.75, 3.05) is 10.6 Å². The van der Waals surface area contributed by atoms with Gasteiger partial charge in [0, 0.05) is 27.4 Å². The zero-order valence-electron chi connectivity index (χ0n) is 19.8. The number of furan rings is 1. The second-order valence-corrected chi connectivity index (χ2v) is 9.48. The molecule has 38 heavy (non-hydrogen) atoms. The molecule has 1 atom stereocenters. The predicted octanol–water partition coefficient (Wildman–Crippen LogP) is 6.38. The molecule has 0 radical (unpaired) electrons. The van der Waals surface area contributed by atoms with Gasteiger partial charge in [0.25, 0.3) is 0 Å². The van der Waals surface area contributed by atoms with E-state index in [9.17, 15) is 10.1 Å². The minimum absolute atomic E-state index is 0.197. The Morgan fingerprint density at radius 1 is 0.947 bits per heavy atom. The Morgan fingerprint density at radius 3 is 2.42 bits per heavy atom. The number of carbonyl (C=O) groups excluding carboxylic acids is 1. The number of benzene rings is 3. The predicted molar refractivity (Wildman–Crippen MR) is 145 cm³/mol. The number of fused-ring (bicyclic) bond motifs is 4. The van der Waals surface area contributed by atoms with Gasteiger partial charge in [0.2, 0.25) is 5.91 Å². The van der Waals surface area contributed by atoms with Gasteiger partial charge in [-0.3, -0.25) is 4.79 Å². The third kappa shape index (κ3) is 2.95. The van der Waals surface area contributed by atoms with Crippen LogP contribution in [-0.2, 0) is 10.2 Å². The highest BCUT2D eigenvalue weighted by Crippen LogP contribution is 2.57. The molecule has 7 nitrogen and oxygen atoms in total. The van der Waals surface area contributed by atoms with Gasteiger partial charge in [-0.2, -0.15) is 10.4 Å². The van der Waals surface area contributed by atoms with Gasteiger partial charge in [0.05, 0.1) is 35.0 Å². The van der Waals surface area contributed by atoms with Crippen molar-refractivity contribution in [3.05, 3.63) is 125 Å². The Kier molecular flexibility index (Phi) is 4.80. The maximum Gasteiger partial charge on any atom is 0.245 e. The molecular weight excluding hydrogens is 498 g/mol. The summed E-state index contributed by atoms with van der Waals surface area (Å²) in [7, 11) is 0. The van der Waals surface area contributed by atoms with E-state index in [0.29, 0.717) is 44.8 Å². The normalized spacial score (nSPS) is 17.5. The summed E-state index contributed by atoms with van der Waals surface area (Å²) in [6.07, 6.45) is 1.53. The molecule has 0 aliphatic carbocycles. The van der Waals surface area contributed by atoms with Crippen molar-refractivity contribution in [1.29, 1.82) is 5.26 Å². The van der Waals surface area contributed by atoms with Crippen LogP contribution in [0.4, 0.5) is 11.5 Å². The van der Waals surface area contributed by atoms with Crippen molar-refractivity contribution in [3.63, 3.8) is 0 Å². The minimum Gasteiger partial charge on any atom is -0.463 e. The summed E-state index contributed by atoms with van der Waals surface area (Å²) in [6, 6.07) is 30.4. The first-order valence-corrected chi connectivity index (χ1v) is 12.3. The molecule has 7 rings (SSSR count). The van der Waals surface area contributed by atoms with E-state index in [0.717, 1.165) is 11.3 Å². The summed E-state index contributed by atoms with van der Waals surface area (Å²) in [5.41, 5.74) is 2.97. The van der Waals surface area contributed by atoms with Crippen molar-refractivity contribution in [3.8, 4) is 23.0 Å². The first kappa shape index (κ1) is 22.2. The van der Waals surface area contributed by atoms with E-state index in [4.69, 9.17) is 21.1 Å². The molecule has 0 bridgehead atoms. The number of nitrogens with zero attached hydrogens (tertiary/aromatic N) is 3. The van der Waals surface area contributed by atoms with Gasteiger partial charge in [0.1, 0.15) is 11.2 Å². The number of rotatable bonds is 3. The standard InChI is InChI=1S/C30H18ClN5O2/c31-19-13-14-23-21(16-19)30(29(37)33-23)22(17-32)27(24-12-7-15-38-24)34-28-25(30)26(18-8-3-1-4-9-18)35-36(28)20-10-5-2-6-11-20/h1-16,34H,(H,33,37). The van der Waals surface area contributed by atoms with Gasteiger partial charge in [-0.05, 0) is 42.5 Å². The number of para-hydroxylation sites is 1. The van der Waals surface area contributed by atoms with E-state index in [1.165, 1.54) is 6.26 Å². The molecule has 1 spiro atoms. The number of nitriles is 1. The lowest BCUT2D eigenvalue weighted by atomic mass is 9.67. The van der Waals surface area contributed by atoms with Gasteiger partial charge in [-0.15, -0.1) is 0 Å². The van der Waals surface area contributed by atoms with Crippen molar-refractivity contribution in [2.45, 2.75) is 5.41 Å². The van der Waals surface area contributed by atoms with Crippen LogP contribution in [0.5, 0.6) is 0 Å². The van der Waals surface area contributed by atoms with Gasteiger partial charge in [0.15, 0.2) is 5.76 Å². The number of hydrogen-bond donors (Lipinski definition) is 2. The fourth-order valence-corrected chi connectivity index (χ4v) is 5.62. The fraction of sp³-hybridized carbons (Fsp3) is 0.0333. The van der Waals surface area contributed by atoms with Gasteiger partial charge in [-0.1, -0.05) is 60.1 Å². The number of carbonyl (C=O) groups is 1. The number of nitrogens with one attached hydrogen (secondary N) is 2. The van der Waals surface area contributed by atoms with Crippen LogP contribution in [-0.4, -0.2) is 15.7 Å². The van der Waals surface area contributed by atoms with Crippen LogP contribution in [0.3, 0.4) is 0 Å². The molecule has 8 heteroatoms. The number of hydrogen-bond acceptors (Lipinski definition) is 5. The van der Waals surface area contributed by atoms with E-state index in [-0.39, 0.29) is 11.5 Å². The molecule has 2 aliphatic rings. The number of halogens is 1. The molecule has 3 aromatic carbocycles. The number of amides is 1. The Labute approximate surface area is 222 Å². The van der Waals surface area contributed by atoms with E-state index in [2.05, 4.69) is 16.7 Å². The Morgan fingerprint density at radius 2 is 1.71 bits per heavy atom. The second-order valence-electron chi connectivity index (χ2n) is 9.04. The van der Waals surface area contributed by atoms with Crippen molar-refractivity contribution >= 4 is 34.7 Å². The Hall–Kier alpha value is -5.06. The first-order chi connectivity index (χ1) is 18.6. The van der Waals surface area contributed by atoms with Crippen LogP contribution >= 0.6 is 11.6 Å². The fourth-order valence-electron chi connectivity index (χ4n) is 5.45. The van der Waals surface area contributed by atoms with Gasteiger partial charge in [-0.25, -0.2) is 4.68 Å². The smallest absolute Gasteiger partial charge is 0.245 e. The molecule has 2 aromatic heterocycles. The third-order valence-corrected chi connectivity index (χ3v) is 7.27. The molecular formula is C30H18ClN5O2. The van der Waals surface area contributed by atoms with Crippen molar-refractivity contribution in [2.24, 2.45) is 0 Å². The lowest BCUT2D eigenvalue weighted by molar-refractivity contribution is -0.118. The summed E-state index contributed by atoms with van der Waals surface area (Å²) >= 11 is 6.49. The van der Waals surface area contributed by atoms with E-state index in [1.54, 1.807) is 35.0 Å². The molecule has 2 N–H and O–H groups in total. The molecule has 0 saturated carbocycles. The molecule has 1 amide bonds. The van der Waals surface area contributed by atoms with E-state index < -0.39 is 5.41 Å². The maximum absolute atomic E-state index is 14.3. The highest BCUT2D eigenvalue weighted by molar-refractivity contribution is 6.31. The number of aromatic nitrogens is 2. The SMILES string of the molecule is N#CC1=C(c2ccco2)Nc2c(c(-c3ccccc3)nn2-c2ccccc2)C12C(=O)Nc1ccc(Cl)cc12. The van der Waals surface area contributed by atoms with Gasteiger partial charge < -0.3 is 15.1 Å². The highest BCUT2D eigenvalue weighted by Gasteiger charge is 2.58. The van der Waals surface area contributed by atoms with Crippen LogP contribution in [0.2, 0.25) is 5.02 Å². The minimum atomic E-state index is -1.53. The molecule has 5 aromatic rings. The van der Waals surface area contributed by atoms with E-state index in [1.807, 2.05) is 60.7 Å². The van der Waals surface area contributed by atoms with Crippen LogP contribution in [0.15, 0.2) is 107 Å². The van der Waals surface area contributed by atoms with E-state index >= 15 is 0 Å². The molecule has 0 fully saturated rings. The molecule has 182 valence electrons. The third-order valence-electron chi connectivity index (χ3n) is 7.03. The molecule has 2 aliphatic heterocycles. The summed E-state index contributed by atoms with van der Waals surface area (Å²) < 4.78 is 7.52. The maximum atomic E-state index is 14.3. The lowest BCUT2D eigenvalue weighted by Gasteiger charge is -2.34. The Balaban J connectivity index is 1.67. The van der Waals surface area contributed by atoms with Crippen LogP contribution < -0.4 is 10.6 Å². The highest BCUT2D eigenvalue weighted by atomic mass is 35.5. The summed E-state index contributed by atoms with van der Waals surface area (Å²) in [6.45, 7) is 0.